The van der Waals surface area contributed by atoms with Crippen LogP contribution in [0.25, 0.3) is 0 Å². The lowest BCUT2D eigenvalue weighted by atomic mass is 9.63. The normalized spacial score (nSPS) is 33.3. The van der Waals surface area contributed by atoms with Gasteiger partial charge >= 0.3 is 5.97 Å². The molecular weight excluding hydrogens is 372 g/mol. The predicted molar refractivity (Wildman–Crippen MR) is 102 cm³/mol. The zero-order valence-corrected chi connectivity index (χ0v) is 16.0. The van der Waals surface area contributed by atoms with Gasteiger partial charge in [0.05, 0.1) is 29.7 Å². The molecule has 3 amide bonds. The van der Waals surface area contributed by atoms with Gasteiger partial charge in [-0.1, -0.05) is 24.3 Å². The number of nitrogens with zero attached hydrogens (tertiary/aromatic N) is 1. The molecule has 0 unspecified atom stereocenters. The van der Waals surface area contributed by atoms with Crippen LogP contribution in [-0.4, -0.2) is 41.7 Å². The Labute approximate surface area is 168 Å². The van der Waals surface area contributed by atoms with Crippen LogP contribution in [0.3, 0.4) is 0 Å². The van der Waals surface area contributed by atoms with Gasteiger partial charge in [-0.25, -0.2) is 4.79 Å². The summed E-state index contributed by atoms with van der Waals surface area (Å²) in [5, 5.41) is 2.65. The van der Waals surface area contributed by atoms with E-state index in [9.17, 15) is 19.2 Å². The number of carbonyl (C=O) groups excluding carboxylic acids is 4. The Morgan fingerprint density at radius 2 is 1.69 bits per heavy atom. The topological polar surface area (TPSA) is 92.8 Å². The Morgan fingerprint density at radius 1 is 1.07 bits per heavy atom. The monoisotopic (exact) mass is 394 g/mol. The SMILES string of the molecule is CCOC(=O)c1ccccc1NC(=O)CN1C(=O)[C@@H]2[C@H]3C=C[C@@H]([C@@H]4C[C@H]34)[C@H]2C1=O. The Bertz CT molecular complexity index is 918. The van der Waals surface area contributed by atoms with E-state index in [0.717, 1.165) is 11.3 Å². The van der Waals surface area contributed by atoms with Crippen molar-refractivity contribution in [2.24, 2.45) is 35.5 Å². The van der Waals surface area contributed by atoms with Crippen LogP contribution < -0.4 is 5.32 Å². The molecule has 1 aromatic carbocycles. The summed E-state index contributed by atoms with van der Waals surface area (Å²) >= 11 is 0. The molecule has 2 saturated carbocycles. The molecule has 3 fully saturated rings. The molecule has 2 bridgehead atoms. The second-order valence-corrected chi connectivity index (χ2v) is 8.23. The molecule has 1 aromatic rings. The number of para-hydroxylation sites is 1. The number of allylic oxidation sites excluding steroid dienone is 2. The number of hydrogen-bond acceptors (Lipinski definition) is 5. The van der Waals surface area contributed by atoms with Crippen molar-refractivity contribution in [2.75, 3.05) is 18.5 Å². The van der Waals surface area contributed by atoms with Gasteiger partial charge < -0.3 is 10.1 Å². The molecule has 29 heavy (non-hydrogen) atoms. The highest BCUT2D eigenvalue weighted by molar-refractivity contribution is 6.10. The van der Waals surface area contributed by atoms with Gasteiger partial charge in [0.25, 0.3) is 0 Å². The van der Waals surface area contributed by atoms with Gasteiger partial charge in [-0.2, -0.15) is 0 Å². The minimum Gasteiger partial charge on any atom is -0.462 e. The van der Waals surface area contributed by atoms with Crippen LogP contribution in [0.4, 0.5) is 5.69 Å². The van der Waals surface area contributed by atoms with Crippen molar-refractivity contribution >= 4 is 29.4 Å². The highest BCUT2D eigenvalue weighted by atomic mass is 16.5. The van der Waals surface area contributed by atoms with Crippen LogP contribution in [-0.2, 0) is 19.1 Å². The van der Waals surface area contributed by atoms with E-state index >= 15 is 0 Å². The Balaban J connectivity index is 1.31. The van der Waals surface area contributed by atoms with Crippen LogP contribution >= 0.6 is 0 Å². The van der Waals surface area contributed by atoms with E-state index in [4.69, 9.17) is 4.74 Å². The van der Waals surface area contributed by atoms with Gasteiger partial charge in [-0.3, -0.25) is 19.3 Å². The zero-order chi connectivity index (χ0) is 20.3. The first-order valence-corrected chi connectivity index (χ1v) is 10.1. The fourth-order valence-corrected chi connectivity index (χ4v) is 5.49. The van der Waals surface area contributed by atoms with E-state index in [0.29, 0.717) is 17.5 Å². The summed E-state index contributed by atoms with van der Waals surface area (Å²) in [7, 11) is 0. The standard InChI is InChI=1S/C22H22N2O5/c1-2-29-22(28)13-5-3-4-6-16(13)23-17(25)10-24-20(26)18-11-7-8-12(15-9-14(11)15)19(18)21(24)27/h3-8,11-12,14-15,18-19H,2,9-10H2,1H3,(H,23,25)/t11-,12-,14-,15+,18+,19+/m0/s1. The van der Waals surface area contributed by atoms with E-state index < -0.39 is 11.9 Å². The number of hydrogen-bond donors (Lipinski definition) is 1. The number of rotatable bonds is 5. The molecule has 1 N–H and O–H groups in total. The largest absolute Gasteiger partial charge is 0.462 e. The Kier molecular flexibility index (Phi) is 4.08. The number of carbonyl (C=O) groups is 4. The fraction of sp³-hybridized carbons (Fsp3) is 0.455. The van der Waals surface area contributed by atoms with Gasteiger partial charge in [0.1, 0.15) is 6.54 Å². The summed E-state index contributed by atoms with van der Waals surface area (Å²) in [4.78, 5) is 51.8. The first-order chi connectivity index (χ1) is 14.0. The number of benzene rings is 1. The Morgan fingerprint density at radius 3 is 2.31 bits per heavy atom. The number of imide groups is 1. The van der Waals surface area contributed by atoms with Crippen LogP contribution in [0, 0.1) is 35.5 Å². The molecule has 150 valence electrons. The lowest BCUT2D eigenvalue weighted by Crippen LogP contribution is -2.40. The second kappa shape index (κ2) is 6.54. The quantitative estimate of drug-likeness (QED) is 0.467. The van der Waals surface area contributed by atoms with Gasteiger partial charge in [-0.15, -0.1) is 0 Å². The second-order valence-electron chi connectivity index (χ2n) is 8.23. The molecular formula is C22H22N2O5. The minimum atomic E-state index is -0.537. The minimum absolute atomic E-state index is 0.129. The van der Waals surface area contributed by atoms with Crippen molar-refractivity contribution in [3.05, 3.63) is 42.0 Å². The van der Waals surface area contributed by atoms with E-state index in [-0.39, 0.29) is 54.2 Å². The number of anilines is 1. The molecule has 1 saturated heterocycles. The molecule has 1 heterocycles. The summed E-state index contributed by atoms with van der Waals surface area (Å²) < 4.78 is 5.01. The summed E-state index contributed by atoms with van der Waals surface area (Å²) in [6, 6.07) is 6.52. The van der Waals surface area contributed by atoms with Crippen LogP contribution in [0.5, 0.6) is 0 Å². The molecule has 0 radical (unpaired) electrons. The fourth-order valence-electron chi connectivity index (χ4n) is 5.49. The van der Waals surface area contributed by atoms with Gasteiger partial charge in [0.15, 0.2) is 0 Å². The third-order valence-electron chi connectivity index (χ3n) is 6.75. The molecule has 6 rings (SSSR count). The van der Waals surface area contributed by atoms with E-state index in [1.165, 1.54) is 0 Å². The van der Waals surface area contributed by atoms with Gasteiger partial charge in [0, 0.05) is 0 Å². The number of likely N-dealkylation sites (tertiary alicyclic amines) is 1. The van der Waals surface area contributed by atoms with Gasteiger partial charge in [0.2, 0.25) is 17.7 Å². The van der Waals surface area contributed by atoms with Crippen molar-refractivity contribution < 1.29 is 23.9 Å². The van der Waals surface area contributed by atoms with Crippen molar-refractivity contribution in [2.45, 2.75) is 13.3 Å². The predicted octanol–water partition coefficient (Wildman–Crippen LogP) is 1.85. The Hall–Kier alpha value is -2.96. The molecule has 5 aliphatic rings. The molecule has 6 atom stereocenters. The van der Waals surface area contributed by atoms with Crippen molar-refractivity contribution in [3.8, 4) is 0 Å². The van der Waals surface area contributed by atoms with Crippen molar-refractivity contribution in [1.29, 1.82) is 0 Å². The maximum absolute atomic E-state index is 13.0. The number of esters is 1. The number of nitrogens with one attached hydrogen (secondary N) is 1. The summed E-state index contributed by atoms with van der Waals surface area (Å²) in [6.07, 6.45) is 5.30. The molecule has 1 aliphatic heterocycles. The number of ether oxygens (including phenoxy) is 1. The third-order valence-corrected chi connectivity index (χ3v) is 6.75. The summed E-state index contributed by atoms with van der Waals surface area (Å²) in [5.74, 6) is -0.856. The lowest BCUT2D eigenvalue weighted by molar-refractivity contribution is -0.142. The van der Waals surface area contributed by atoms with E-state index in [2.05, 4.69) is 17.5 Å². The summed E-state index contributed by atoms with van der Waals surface area (Å²) in [6.45, 7) is 1.59. The maximum Gasteiger partial charge on any atom is 0.340 e. The number of amides is 3. The molecule has 4 aliphatic carbocycles. The zero-order valence-electron chi connectivity index (χ0n) is 16.0. The maximum atomic E-state index is 13.0. The third kappa shape index (κ3) is 2.71. The molecule has 0 spiro atoms. The van der Waals surface area contributed by atoms with Crippen molar-refractivity contribution in [1.82, 2.24) is 4.90 Å². The molecule has 0 aromatic heterocycles. The van der Waals surface area contributed by atoms with E-state index in [1.54, 1.807) is 31.2 Å². The lowest BCUT2D eigenvalue weighted by Gasteiger charge is -2.37. The first-order valence-electron chi connectivity index (χ1n) is 10.1. The molecule has 7 nitrogen and oxygen atoms in total. The van der Waals surface area contributed by atoms with Crippen LogP contribution in [0.2, 0.25) is 0 Å². The average molecular weight is 394 g/mol. The first kappa shape index (κ1) is 18.1. The molecule has 7 heteroatoms. The van der Waals surface area contributed by atoms with Crippen LogP contribution in [0.15, 0.2) is 36.4 Å². The van der Waals surface area contributed by atoms with E-state index in [1.807, 2.05) is 0 Å². The highest BCUT2D eigenvalue weighted by Crippen LogP contribution is 2.65. The van der Waals surface area contributed by atoms with Crippen molar-refractivity contribution in [3.63, 3.8) is 0 Å². The average Bonchev–Trinajstić information content (AvgIpc) is 3.50. The van der Waals surface area contributed by atoms with Gasteiger partial charge in [-0.05, 0) is 49.1 Å². The smallest absolute Gasteiger partial charge is 0.340 e. The van der Waals surface area contributed by atoms with Crippen LogP contribution in [0.1, 0.15) is 23.7 Å². The summed E-state index contributed by atoms with van der Waals surface area (Å²) in [5.41, 5.74) is 0.535. The highest BCUT2D eigenvalue weighted by Gasteiger charge is 2.67.